The molecule has 0 saturated heterocycles. The van der Waals surface area contributed by atoms with Gasteiger partial charge >= 0.3 is 5.97 Å². The molecular weight excluding hydrogens is 311 g/mol. The van der Waals surface area contributed by atoms with Crippen LogP contribution in [0.15, 0.2) is 16.2 Å². The van der Waals surface area contributed by atoms with Gasteiger partial charge in [-0.2, -0.15) is 0 Å². The van der Waals surface area contributed by atoms with Crippen LogP contribution in [-0.4, -0.2) is 24.1 Å². The molecule has 0 atom stereocenters. The van der Waals surface area contributed by atoms with E-state index in [1.807, 2.05) is 0 Å². The first-order valence-electron chi connectivity index (χ1n) is 4.46. The molecule has 0 fully saturated rings. The van der Waals surface area contributed by atoms with E-state index in [0.717, 1.165) is 0 Å². The normalized spacial score (nSPS) is 11.6. The molecule has 4 nitrogen and oxygen atoms in total. The highest BCUT2D eigenvalue weighted by Crippen LogP contribution is 2.37. The van der Waals surface area contributed by atoms with Gasteiger partial charge in [0, 0.05) is 0 Å². The van der Waals surface area contributed by atoms with Crippen LogP contribution >= 0.6 is 34.8 Å². The van der Waals surface area contributed by atoms with E-state index in [2.05, 4.69) is 10.5 Å². The topological polar surface area (TPSA) is 60.4 Å². The highest BCUT2D eigenvalue weighted by Gasteiger charge is 2.44. The lowest BCUT2D eigenvalue weighted by molar-refractivity contribution is -0.137. The van der Waals surface area contributed by atoms with Crippen LogP contribution in [-0.2, 0) is 19.4 Å². The molecule has 0 aliphatic rings. The van der Waals surface area contributed by atoms with Gasteiger partial charge < -0.3 is 4.74 Å². The zero-order chi connectivity index (χ0) is 13.9. The quantitative estimate of drug-likeness (QED) is 0.347. The van der Waals surface area contributed by atoms with Crippen molar-refractivity contribution in [2.75, 3.05) is 6.61 Å². The largest absolute Gasteiger partial charge is 0.461 e. The molecule has 0 aliphatic carbocycles. The monoisotopic (exact) mass is 320 g/mol. The van der Waals surface area contributed by atoms with Crippen molar-refractivity contribution in [3.8, 4) is 0 Å². The van der Waals surface area contributed by atoms with E-state index in [1.165, 1.54) is 6.92 Å². The third-order valence-corrected chi connectivity index (χ3v) is 4.64. The maximum atomic E-state index is 11.8. The summed E-state index contributed by atoms with van der Waals surface area (Å²) in [6.07, 6.45) is 0. The van der Waals surface area contributed by atoms with Crippen LogP contribution in [0.2, 0.25) is 0 Å². The summed E-state index contributed by atoms with van der Waals surface area (Å²) in [5.74, 6) is -1.10. The third kappa shape index (κ3) is 4.53. The summed E-state index contributed by atoms with van der Waals surface area (Å²) in [7, 11) is -4.45. The Morgan fingerprint density at radius 2 is 1.76 bits per heavy atom. The van der Waals surface area contributed by atoms with E-state index in [-0.39, 0.29) is 6.61 Å². The van der Waals surface area contributed by atoms with E-state index in [0.29, 0.717) is 5.57 Å². The van der Waals surface area contributed by atoms with E-state index in [9.17, 15) is 13.2 Å². The number of ether oxygens (including phenoxy) is 1. The smallest absolute Gasteiger partial charge is 0.358 e. The van der Waals surface area contributed by atoms with Gasteiger partial charge in [0.05, 0.1) is 6.61 Å². The van der Waals surface area contributed by atoms with E-state index in [1.54, 1.807) is 13.8 Å². The van der Waals surface area contributed by atoms with Gasteiger partial charge in [0.25, 0.3) is 3.12 Å². The van der Waals surface area contributed by atoms with E-state index < -0.39 is 23.8 Å². The zero-order valence-electron chi connectivity index (χ0n) is 9.38. The molecule has 0 bridgehead atoms. The van der Waals surface area contributed by atoms with Crippen molar-refractivity contribution in [1.82, 2.24) is 0 Å². The number of esters is 1. The van der Waals surface area contributed by atoms with Gasteiger partial charge in [-0.3, -0.25) is 0 Å². The van der Waals surface area contributed by atoms with Gasteiger partial charge in [-0.05, 0) is 26.3 Å². The van der Waals surface area contributed by atoms with Crippen molar-refractivity contribution in [1.29, 1.82) is 0 Å². The summed E-state index contributed by atoms with van der Waals surface area (Å²) in [5.41, 5.74) is 2.76. The van der Waals surface area contributed by atoms with Gasteiger partial charge in [0.15, 0.2) is 4.91 Å². The van der Waals surface area contributed by atoms with Crippen LogP contribution in [0.4, 0.5) is 0 Å². The lowest BCUT2D eigenvalue weighted by atomic mass is 10.4. The van der Waals surface area contributed by atoms with Crippen molar-refractivity contribution < 1.29 is 17.9 Å². The second-order valence-electron chi connectivity index (χ2n) is 3.12. The molecule has 0 radical (unpaired) electrons. The molecule has 17 heavy (non-hydrogen) atoms. The first-order valence-corrected chi connectivity index (χ1v) is 7.08. The standard InChI is InChI=1S/C9H11Cl3O4S/c1-4-16-8(13)7(5-6(2)3)17(14,15)9(10,11)12/h4H2,1-3H3. The zero-order valence-corrected chi connectivity index (χ0v) is 12.5. The highest BCUT2D eigenvalue weighted by atomic mass is 35.6. The summed E-state index contributed by atoms with van der Waals surface area (Å²) in [6, 6.07) is 0. The third-order valence-electron chi connectivity index (χ3n) is 1.40. The summed E-state index contributed by atoms with van der Waals surface area (Å²) in [4.78, 5) is 10.7. The Bertz CT molecular complexity index is 463. The van der Waals surface area contributed by atoms with Crippen molar-refractivity contribution in [2.24, 2.45) is 0 Å². The summed E-state index contributed by atoms with van der Waals surface area (Å²) < 4.78 is 25.5. The SMILES string of the molecule is CCOC(=O)C(=C=C(C)C)S(=O)(=O)C(Cl)(Cl)Cl. The lowest BCUT2D eigenvalue weighted by Gasteiger charge is -2.12. The number of hydrogen-bond acceptors (Lipinski definition) is 4. The molecule has 0 spiro atoms. The molecule has 0 aromatic heterocycles. The number of carbonyl (C=O) groups excluding carboxylic acids is 1. The molecule has 0 aromatic rings. The molecule has 98 valence electrons. The highest BCUT2D eigenvalue weighted by molar-refractivity contribution is 8.01. The Kier molecular flexibility index (Phi) is 6.05. The Balaban J connectivity index is 5.89. The van der Waals surface area contributed by atoms with Crippen molar-refractivity contribution >= 4 is 50.6 Å². The van der Waals surface area contributed by atoms with Gasteiger partial charge in [0.1, 0.15) is 0 Å². The van der Waals surface area contributed by atoms with Crippen LogP contribution in [0, 0.1) is 0 Å². The molecule has 0 N–H and O–H groups in total. The van der Waals surface area contributed by atoms with Crippen LogP contribution < -0.4 is 0 Å². The Labute approximate surface area is 115 Å². The number of alkyl halides is 3. The second kappa shape index (κ2) is 6.12. The summed E-state index contributed by atoms with van der Waals surface area (Å²) >= 11 is 15.9. The minimum absolute atomic E-state index is 0.00214. The van der Waals surface area contributed by atoms with Gasteiger partial charge in [-0.25, -0.2) is 13.2 Å². The molecule has 0 heterocycles. The Hall–Kier alpha value is -0.190. The van der Waals surface area contributed by atoms with Crippen LogP contribution in [0.1, 0.15) is 20.8 Å². The second-order valence-corrected chi connectivity index (χ2v) is 8.10. The van der Waals surface area contributed by atoms with E-state index in [4.69, 9.17) is 34.8 Å². The van der Waals surface area contributed by atoms with Crippen LogP contribution in [0.5, 0.6) is 0 Å². The summed E-state index contributed by atoms with van der Waals surface area (Å²) in [6.45, 7) is 4.63. The van der Waals surface area contributed by atoms with Crippen molar-refractivity contribution in [2.45, 2.75) is 23.9 Å². The molecule has 0 amide bonds. The predicted octanol–water partition coefficient (Wildman–Crippen LogP) is 2.74. The van der Waals surface area contributed by atoms with Crippen molar-refractivity contribution in [3.63, 3.8) is 0 Å². The van der Waals surface area contributed by atoms with Gasteiger partial charge in [-0.15, -0.1) is 0 Å². The summed E-state index contributed by atoms with van der Waals surface area (Å²) in [5, 5.41) is 0. The number of carbonyl (C=O) groups is 1. The number of rotatable bonds is 3. The van der Waals surface area contributed by atoms with Gasteiger partial charge in [-0.1, -0.05) is 40.5 Å². The lowest BCUT2D eigenvalue weighted by Crippen LogP contribution is -2.26. The Morgan fingerprint density at radius 1 is 1.29 bits per heavy atom. The molecule has 0 saturated carbocycles. The minimum atomic E-state index is -4.45. The maximum Gasteiger partial charge on any atom is 0.358 e. The molecule has 0 unspecified atom stereocenters. The van der Waals surface area contributed by atoms with Gasteiger partial charge in [0.2, 0.25) is 9.84 Å². The number of hydrogen-bond donors (Lipinski definition) is 0. The maximum absolute atomic E-state index is 11.8. The average molecular weight is 322 g/mol. The average Bonchev–Trinajstić information content (AvgIpc) is 2.12. The fraction of sp³-hybridized carbons (Fsp3) is 0.556. The molecular formula is C9H11Cl3O4S. The molecule has 0 aromatic carbocycles. The fourth-order valence-electron chi connectivity index (χ4n) is 0.767. The van der Waals surface area contributed by atoms with E-state index >= 15 is 0 Å². The van der Waals surface area contributed by atoms with Crippen LogP contribution in [0.25, 0.3) is 0 Å². The van der Waals surface area contributed by atoms with Crippen molar-refractivity contribution in [3.05, 3.63) is 16.2 Å². The molecule has 8 heteroatoms. The fourth-order valence-corrected chi connectivity index (χ4v) is 2.31. The first kappa shape index (κ1) is 16.8. The predicted molar refractivity (Wildman–Crippen MR) is 67.7 cm³/mol. The molecule has 0 rings (SSSR count). The first-order chi connectivity index (χ1) is 7.54. The molecule has 0 aliphatic heterocycles. The number of halogens is 3. The van der Waals surface area contributed by atoms with Crippen LogP contribution in [0.3, 0.4) is 0 Å². The Morgan fingerprint density at radius 3 is 2.06 bits per heavy atom. The minimum Gasteiger partial charge on any atom is -0.461 e. The number of sulfone groups is 1.